The molecule has 12 heavy (non-hydrogen) atoms. The fraction of sp³-hybridized carbons (Fsp3) is 0.750. The molecule has 4 heteroatoms. The summed E-state index contributed by atoms with van der Waals surface area (Å²) in [6.07, 6.45) is -5.13. The molecule has 0 aromatic rings. The molecule has 0 amide bonds. The molecule has 1 nitrogen and oxygen atoms in total. The first kappa shape index (κ1) is 9.58. The van der Waals surface area contributed by atoms with Crippen LogP contribution in [0.3, 0.4) is 0 Å². The van der Waals surface area contributed by atoms with Crippen molar-refractivity contribution < 1.29 is 18.3 Å². The topological polar surface area (TPSA) is 20.2 Å². The van der Waals surface area contributed by atoms with E-state index in [4.69, 9.17) is 0 Å². The van der Waals surface area contributed by atoms with Gasteiger partial charge in [-0.2, -0.15) is 13.2 Å². The summed E-state index contributed by atoms with van der Waals surface area (Å²) in [6.45, 7) is 5.13. The molecule has 1 aliphatic rings. The van der Waals surface area contributed by atoms with Gasteiger partial charge in [-0.05, 0) is 12.3 Å². The van der Waals surface area contributed by atoms with Crippen LogP contribution in [-0.4, -0.2) is 16.9 Å². The third-order valence-corrected chi connectivity index (χ3v) is 2.39. The Kier molecular flexibility index (Phi) is 1.98. The van der Waals surface area contributed by atoms with E-state index in [1.165, 1.54) is 0 Å². The van der Waals surface area contributed by atoms with Crippen LogP contribution in [0.15, 0.2) is 12.2 Å². The van der Waals surface area contributed by atoms with Crippen LogP contribution < -0.4 is 0 Å². The lowest BCUT2D eigenvalue weighted by Gasteiger charge is -2.25. The largest absolute Gasteiger partial charge is 0.417 e. The standard InChI is InChI=1S/C8H11F3O/c1-5-3-7(12,4-6(5)2)8(9,10)11/h6,12H,1,3-4H2,2H3. The monoisotopic (exact) mass is 180 g/mol. The van der Waals surface area contributed by atoms with Gasteiger partial charge in [-0.1, -0.05) is 19.1 Å². The predicted molar refractivity (Wildman–Crippen MR) is 38.5 cm³/mol. The number of alkyl halides is 3. The summed E-state index contributed by atoms with van der Waals surface area (Å²) in [5.74, 6) is -0.239. The highest BCUT2D eigenvalue weighted by atomic mass is 19.4. The molecular formula is C8H11F3O. The third kappa shape index (κ3) is 1.35. The summed E-state index contributed by atoms with van der Waals surface area (Å²) >= 11 is 0. The van der Waals surface area contributed by atoms with Crippen LogP contribution in [0, 0.1) is 5.92 Å². The van der Waals surface area contributed by atoms with Gasteiger partial charge in [0, 0.05) is 6.42 Å². The normalized spacial score (nSPS) is 37.4. The van der Waals surface area contributed by atoms with Crippen molar-refractivity contribution in [3.63, 3.8) is 0 Å². The van der Waals surface area contributed by atoms with Gasteiger partial charge < -0.3 is 5.11 Å². The molecule has 1 aliphatic carbocycles. The number of rotatable bonds is 0. The summed E-state index contributed by atoms with van der Waals surface area (Å²) in [5.41, 5.74) is -2.04. The van der Waals surface area contributed by atoms with Crippen molar-refractivity contribution in [2.75, 3.05) is 0 Å². The number of aliphatic hydroxyl groups is 1. The van der Waals surface area contributed by atoms with Crippen molar-refractivity contribution in [2.45, 2.75) is 31.5 Å². The molecule has 0 spiro atoms. The molecule has 2 unspecified atom stereocenters. The molecule has 0 saturated heterocycles. The first-order valence-corrected chi connectivity index (χ1v) is 3.73. The van der Waals surface area contributed by atoms with Gasteiger partial charge in [0.1, 0.15) is 0 Å². The zero-order valence-corrected chi connectivity index (χ0v) is 6.78. The van der Waals surface area contributed by atoms with Gasteiger partial charge in [-0.15, -0.1) is 0 Å². The van der Waals surface area contributed by atoms with E-state index in [2.05, 4.69) is 6.58 Å². The van der Waals surface area contributed by atoms with Crippen molar-refractivity contribution in [3.05, 3.63) is 12.2 Å². The van der Waals surface area contributed by atoms with Crippen LogP contribution in [0.4, 0.5) is 13.2 Å². The minimum absolute atomic E-state index is 0.239. The van der Waals surface area contributed by atoms with Gasteiger partial charge in [-0.25, -0.2) is 0 Å². The quantitative estimate of drug-likeness (QED) is 0.567. The second kappa shape index (κ2) is 2.49. The van der Waals surface area contributed by atoms with E-state index in [9.17, 15) is 18.3 Å². The number of hydrogen-bond donors (Lipinski definition) is 1. The molecule has 0 aromatic heterocycles. The number of halogens is 3. The highest BCUT2D eigenvalue weighted by Gasteiger charge is 2.57. The Hall–Kier alpha value is -0.510. The molecule has 1 fully saturated rings. The molecule has 0 bridgehead atoms. The van der Waals surface area contributed by atoms with Gasteiger partial charge in [0.05, 0.1) is 0 Å². The summed E-state index contributed by atoms with van der Waals surface area (Å²) in [6, 6.07) is 0. The van der Waals surface area contributed by atoms with Gasteiger partial charge in [-0.3, -0.25) is 0 Å². The molecule has 0 radical (unpaired) electrons. The molecule has 0 aliphatic heterocycles. The zero-order valence-electron chi connectivity index (χ0n) is 6.78. The Bertz CT molecular complexity index is 209. The summed E-state index contributed by atoms with van der Waals surface area (Å²) in [5, 5.41) is 9.18. The summed E-state index contributed by atoms with van der Waals surface area (Å²) in [7, 11) is 0. The minimum Gasteiger partial charge on any atom is -0.380 e. The lowest BCUT2D eigenvalue weighted by atomic mass is 10.0. The Morgan fingerprint density at radius 2 is 2.08 bits per heavy atom. The Morgan fingerprint density at radius 3 is 2.25 bits per heavy atom. The Morgan fingerprint density at radius 1 is 1.58 bits per heavy atom. The fourth-order valence-corrected chi connectivity index (χ4v) is 1.49. The predicted octanol–water partition coefficient (Wildman–Crippen LogP) is 2.27. The second-order valence-corrected chi connectivity index (χ2v) is 3.47. The lowest BCUT2D eigenvalue weighted by molar-refractivity contribution is -0.257. The molecule has 0 heterocycles. The third-order valence-electron chi connectivity index (χ3n) is 2.39. The number of hydrogen-bond acceptors (Lipinski definition) is 1. The lowest BCUT2D eigenvalue weighted by Crippen LogP contribution is -2.42. The molecule has 1 saturated carbocycles. The van der Waals surface area contributed by atoms with E-state index in [1.54, 1.807) is 6.92 Å². The van der Waals surface area contributed by atoms with E-state index < -0.39 is 11.8 Å². The summed E-state index contributed by atoms with van der Waals surface area (Å²) < 4.78 is 36.6. The van der Waals surface area contributed by atoms with Crippen molar-refractivity contribution >= 4 is 0 Å². The fourth-order valence-electron chi connectivity index (χ4n) is 1.49. The molecule has 1 N–H and O–H groups in total. The van der Waals surface area contributed by atoms with Crippen molar-refractivity contribution in [2.24, 2.45) is 5.92 Å². The first-order chi connectivity index (χ1) is 5.26. The van der Waals surface area contributed by atoms with Crippen LogP contribution in [0.5, 0.6) is 0 Å². The van der Waals surface area contributed by atoms with Gasteiger partial charge in [0.25, 0.3) is 0 Å². The smallest absolute Gasteiger partial charge is 0.380 e. The Balaban J connectivity index is 2.84. The van der Waals surface area contributed by atoms with E-state index in [-0.39, 0.29) is 18.8 Å². The van der Waals surface area contributed by atoms with Gasteiger partial charge in [0.15, 0.2) is 5.60 Å². The van der Waals surface area contributed by atoms with Crippen LogP contribution in [0.2, 0.25) is 0 Å². The van der Waals surface area contributed by atoms with Crippen LogP contribution in [0.25, 0.3) is 0 Å². The maximum Gasteiger partial charge on any atom is 0.417 e. The highest BCUT2D eigenvalue weighted by molar-refractivity contribution is 5.15. The molecular weight excluding hydrogens is 169 g/mol. The highest BCUT2D eigenvalue weighted by Crippen LogP contribution is 2.47. The van der Waals surface area contributed by atoms with Crippen molar-refractivity contribution in [3.8, 4) is 0 Å². The van der Waals surface area contributed by atoms with Crippen LogP contribution in [0.1, 0.15) is 19.8 Å². The maximum atomic E-state index is 12.2. The van der Waals surface area contributed by atoms with E-state index in [0.717, 1.165) is 0 Å². The van der Waals surface area contributed by atoms with Gasteiger partial charge >= 0.3 is 6.18 Å². The van der Waals surface area contributed by atoms with Crippen molar-refractivity contribution in [1.29, 1.82) is 0 Å². The molecule has 70 valence electrons. The van der Waals surface area contributed by atoms with E-state index >= 15 is 0 Å². The second-order valence-electron chi connectivity index (χ2n) is 3.47. The minimum atomic E-state index is -4.53. The zero-order chi connectivity index (χ0) is 9.57. The Labute approximate surface area is 68.9 Å². The molecule has 2 atom stereocenters. The van der Waals surface area contributed by atoms with Crippen molar-refractivity contribution in [1.82, 2.24) is 0 Å². The first-order valence-electron chi connectivity index (χ1n) is 3.73. The van der Waals surface area contributed by atoms with Crippen LogP contribution >= 0.6 is 0 Å². The summed E-state index contributed by atoms with van der Waals surface area (Å²) in [4.78, 5) is 0. The van der Waals surface area contributed by atoms with Crippen LogP contribution in [-0.2, 0) is 0 Å². The van der Waals surface area contributed by atoms with Gasteiger partial charge in [0.2, 0.25) is 0 Å². The average molecular weight is 180 g/mol. The molecule has 1 rings (SSSR count). The van der Waals surface area contributed by atoms with E-state index in [0.29, 0.717) is 5.57 Å². The molecule has 0 aromatic carbocycles. The average Bonchev–Trinajstić information content (AvgIpc) is 2.06. The maximum absolute atomic E-state index is 12.2. The van der Waals surface area contributed by atoms with E-state index in [1.807, 2.05) is 0 Å². The SMILES string of the molecule is C=C1CC(O)(C(F)(F)F)CC1C.